The van der Waals surface area contributed by atoms with E-state index in [9.17, 15) is 19.5 Å². The van der Waals surface area contributed by atoms with Crippen molar-refractivity contribution in [1.82, 2.24) is 19.1 Å². The van der Waals surface area contributed by atoms with Gasteiger partial charge in [-0.25, -0.2) is 9.78 Å². The summed E-state index contributed by atoms with van der Waals surface area (Å²) in [4.78, 5) is 42.3. The fraction of sp³-hybridized carbons (Fsp3) is 0.368. The topological polar surface area (TPSA) is 119 Å². The summed E-state index contributed by atoms with van der Waals surface area (Å²) < 4.78 is 8.43. The molecule has 10 heteroatoms. The number of hydrogen-bond donors (Lipinski definition) is 2. The van der Waals surface area contributed by atoms with Crippen molar-refractivity contribution >= 4 is 28.7 Å². The third-order valence-corrected chi connectivity index (χ3v) is 5.42. The average Bonchev–Trinajstić information content (AvgIpc) is 3.03. The number of benzene rings is 1. The maximum absolute atomic E-state index is 12.4. The van der Waals surface area contributed by atoms with Gasteiger partial charge in [0.25, 0.3) is 5.56 Å². The maximum atomic E-state index is 12.4. The summed E-state index contributed by atoms with van der Waals surface area (Å²) in [7, 11) is 1.50. The van der Waals surface area contributed by atoms with Crippen LogP contribution in [0.5, 0.6) is 5.75 Å². The van der Waals surface area contributed by atoms with Crippen LogP contribution in [0.15, 0.2) is 39.0 Å². The molecular weight excluding hydrogens is 396 g/mol. The van der Waals surface area contributed by atoms with E-state index in [0.717, 1.165) is 17.3 Å². The summed E-state index contributed by atoms with van der Waals surface area (Å²) in [5.74, 6) is 0.763. The van der Waals surface area contributed by atoms with E-state index in [1.807, 2.05) is 31.2 Å². The Kier molecular flexibility index (Phi) is 6.23. The second kappa shape index (κ2) is 8.66. The van der Waals surface area contributed by atoms with E-state index in [2.05, 4.69) is 9.97 Å². The van der Waals surface area contributed by atoms with Gasteiger partial charge in [0.15, 0.2) is 16.3 Å². The van der Waals surface area contributed by atoms with Crippen LogP contribution < -0.4 is 16.0 Å². The SMILES string of the molecule is CC(=O)CSc1nc2c(c(=O)[nH]c(=O)n2C)n1C[C@@H](O)COc1ccccc1C. The van der Waals surface area contributed by atoms with Gasteiger partial charge < -0.3 is 14.4 Å². The van der Waals surface area contributed by atoms with Crippen LogP contribution in [0.2, 0.25) is 0 Å². The molecule has 1 aromatic carbocycles. The second-order valence-corrected chi connectivity index (χ2v) is 7.66. The van der Waals surface area contributed by atoms with Crippen LogP contribution in [0.1, 0.15) is 12.5 Å². The van der Waals surface area contributed by atoms with Gasteiger partial charge in [0.1, 0.15) is 24.2 Å². The molecule has 2 aromatic heterocycles. The lowest BCUT2D eigenvalue weighted by atomic mass is 10.2. The summed E-state index contributed by atoms with van der Waals surface area (Å²) in [6.07, 6.45) is -0.944. The Morgan fingerprint density at radius 1 is 1.34 bits per heavy atom. The number of nitrogens with one attached hydrogen (secondary N) is 1. The lowest BCUT2D eigenvalue weighted by molar-refractivity contribution is -0.114. The zero-order valence-electron chi connectivity index (χ0n) is 16.3. The molecule has 0 saturated heterocycles. The molecule has 0 unspecified atom stereocenters. The van der Waals surface area contributed by atoms with Gasteiger partial charge in [-0.05, 0) is 25.5 Å². The number of aromatic nitrogens is 4. The Morgan fingerprint density at radius 2 is 2.07 bits per heavy atom. The Bertz CT molecular complexity index is 1160. The quantitative estimate of drug-likeness (QED) is 0.521. The molecule has 0 saturated carbocycles. The summed E-state index contributed by atoms with van der Waals surface area (Å²) in [5.41, 5.74) is 0.109. The minimum atomic E-state index is -0.944. The van der Waals surface area contributed by atoms with E-state index < -0.39 is 17.4 Å². The number of fused-ring (bicyclic) bond motifs is 1. The van der Waals surface area contributed by atoms with Crippen LogP contribution in [-0.4, -0.2) is 48.5 Å². The van der Waals surface area contributed by atoms with Crippen molar-refractivity contribution in [2.45, 2.75) is 31.7 Å². The van der Waals surface area contributed by atoms with Crippen molar-refractivity contribution in [3.05, 3.63) is 50.7 Å². The van der Waals surface area contributed by atoms with Gasteiger partial charge in [0.2, 0.25) is 0 Å². The summed E-state index contributed by atoms with van der Waals surface area (Å²) in [5, 5.41) is 10.9. The molecule has 0 spiro atoms. The first kappa shape index (κ1) is 20.9. The van der Waals surface area contributed by atoms with Crippen molar-refractivity contribution in [1.29, 1.82) is 0 Å². The van der Waals surface area contributed by atoms with Gasteiger partial charge in [-0.1, -0.05) is 30.0 Å². The highest BCUT2D eigenvalue weighted by molar-refractivity contribution is 7.99. The first-order valence-electron chi connectivity index (χ1n) is 8.96. The predicted molar refractivity (Wildman–Crippen MR) is 110 cm³/mol. The molecule has 0 amide bonds. The first-order valence-corrected chi connectivity index (χ1v) is 9.94. The van der Waals surface area contributed by atoms with E-state index >= 15 is 0 Å². The molecule has 3 aromatic rings. The van der Waals surface area contributed by atoms with Gasteiger partial charge in [0, 0.05) is 7.05 Å². The van der Waals surface area contributed by atoms with Gasteiger partial charge in [-0.15, -0.1) is 0 Å². The number of ketones is 1. The number of para-hydroxylation sites is 1. The number of aliphatic hydroxyl groups excluding tert-OH is 1. The van der Waals surface area contributed by atoms with Crippen LogP contribution in [0.4, 0.5) is 0 Å². The Labute approximate surface area is 170 Å². The summed E-state index contributed by atoms with van der Waals surface area (Å²) >= 11 is 1.15. The number of hydrogen-bond acceptors (Lipinski definition) is 7. The van der Waals surface area contributed by atoms with Crippen LogP contribution in [-0.2, 0) is 18.4 Å². The van der Waals surface area contributed by atoms with Crippen LogP contribution in [0, 0.1) is 6.92 Å². The minimum Gasteiger partial charge on any atom is -0.491 e. The number of Topliss-reactive ketones (excluding diaryl/α,β-unsaturated/α-hetero) is 1. The van der Waals surface area contributed by atoms with Gasteiger partial charge >= 0.3 is 5.69 Å². The number of nitrogens with zero attached hydrogens (tertiary/aromatic N) is 3. The molecule has 0 bridgehead atoms. The second-order valence-electron chi connectivity index (χ2n) is 6.72. The number of thioether (sulfide) groups is 1. The molecule has 0 aliphatic rings. The number of H-pyrrole nitrogens is 1. The molecule has 29 heavy (non-hydrogen) atoms. The van der Waals surface area contributed by atoms with Crippen LogP contribution >= 0.6 is 11.8 Å². The summed E-state index contributed by atoms with van der Waals surface area (Å²) in [6.45, 7) is 3.38. The predicted octanol–water partition coefficient (Wildman–Crippen LogP) is 0.853. The normalized spacial score (nSPS) is 12.3. The van der Waals surface area contributed by atoms with Gasteiger partial charge in [-0.3, -0.25) is 19.1 Å². The number of carbonyl (C=O) groups excluding carboxylic acids is 1. The van der Waals surface area contributed by atoms with E-state index in [1.54, 1.807) is 0 Å². The molecule has 0 radical (unpaired) electrons. The van der Waals surface area contributed by atoms with E-state index in [1.165, 1.54) is 23.1 Å². The fourth-order valence-electron chi connectivity index (χ4n) is 2.83. The summed E-state index contributed by atoms with van der Waals surface area (Å²) in [6, 6.07) is 7.45. The van der Waals surface area contributed by atoms with Crippen LogP contribution in [0.25, 0.3) is 11.2 Å². The monoisotopic (exact) mass is 418 g/mol. The van der Waals surface area contributed by atoms with Crippen molar-refractivity contribution < 1.29 is 14.6 Å². The Balaban J connectivity index is 1.91. The highest BCUT2D eigenvalue weighted by Gasteiger charge is 2.20. The lowest BCUT2D eigenvalue weighted by Gasteiger charge is -2.16. The van der Waals surface area contributed by atoms with E-state index in [4.69, 9.17) is 4.74 Å². The molecule has 154 valence electrons. The molecule has 0 fully saturated rings. The number of imidazole rings is 1. The number of aliphatic hydroxyl groups is 1. The Hall–Kier alpha value is -2.85. The first-order chi connectivity index (χ1) is 13.8. The molecule has 1 atom stereocenters. The number of ether oxygens (including phenoxy) is 1. The molecule has 9 nitrogen and oxygen atoms in total. The van der Waals surface area contributed by atoms with Crippen molar-refractivity contribution in [2.24, 2.45) is 7.05 Å². The Morgan fingerprint density at radius 3 is 2.76 bits per heavy atom. The molecule has 2 heterocycles. The maximum Gasteiger partial charge on any atom is 0.329 e. The minimum absolute atomic E-state index is 0.00497. The van der Waals surface area contributed by atoms with Crippen LogP contribution in [0.3, 0.4) is 0 Å². The zero-order chi connectivity index (χ0) is 21.1. The average molecular weight is 418 g/mol. The molecule has 2 N–H and O–H groups in total. The highest BCUT2D eigenvalue weighted by atomic mass is 32.2. The number of carbonyl (C=O) groups is 1. The zero-order valence-corrected chi connectivity index (χ0v) is 17.2. The molecular formula is C19H22N4O5S. The lowest BCUT2D eigenvalue weighted by Crippen LogP contribution is -2.30. The smallest absolute Gasteiger partial charge is 0.329 e. The van der Waals surface area contributed by atoms with Crippen molar-refractivity contribution in [2.75, 3.05) is 12.4 Å². The largest absolute Gasteiger partial charge is 0.491 e. The molecule has 0 aliphatic carbocycles. The van der Waals surface area contributed by atoms with Gasteiger partial charge in [0.05, 0.1) is 12.3 Å². The fourth-order valence-corrected chi connectivity index (χ4v) is 3.63. The third kappa shape index (κ3) is 4.60. The van der Waals surface area contributed by atoms with Crippen molar-refractivity contribution in [3.8, 4) is 5.75 Å². The highest BCUT2D eigenvalue weighted by Crippen LogP contribution is 2.22. The standard InChI is InChI=1S/C19H22N4O5S/c1-11-6-4-5-7-14(11)28-9-13(25)8-23-15-16(20-19(23)29-10-12(2)24)22(3)18(27)21-17(15)26/h4-7,13,25H,8-10H2,1-3H3,(H,21,26,27)/t13-/m1/s1. The number of rotatable bonds is 8. The van der Waals surface area contributed by atoms with E-state index in [-0.39, 0.29) is 35.9 Å². The molecule has 3 rings (SSSR count). The third-order valence-electron chi connectivity index (χ3n) is 4.29. The van der Waals surface area contributed by atoms with Gasteiger partial charge in [-0.2, -0.15) is 0 Å². The molecule has 0 aliphatic heterocycles. The van der Waals surface area contributed by atoms with Crippen molar-refractivity contribution in [3.63, 3.8) is 0 Å². The number of aryl methyl sites for hydroxylation is 2. The number of aromatic amines is 1. The van der Waals surface area contributed by atoms with E-state index in [0.29, 0.717) is 10.9 Å².